The van der Waals surface area contributed by atoms with E-state index < -0.39 is 6.10 Å². The molecule has 0 spiro atoms. The Hall–Kier alpha value is -1.73. The van der Waals surface area contributed by atoms with Crippen LogP contribution in [0.2, 0.25) is 0 Å². The van der Waals surface area contributed by atoms with Gasteiger partial charge < -0.3 is 19.3 Å². The van der Waals surface area contributed by atoms with Gasteiger partial charge in [-0.1, -0.05) is 18.2 Å². The number of hydrogen-bond donors (Lipinski definition) is 0. The van der Waals surface area contributed by atoms with Crippen molar-refractivity contribution in [3.63, 3.8) is 0 Å². The zero-order valence-corrected chi connectivity index (χ0v) is 15.1. The number of hydrogen-bond acceptors (Lipinski definition) is 5. The molecule has 6 nitrogen and oxygen atoms in total. The molecule has 0 N–H and O–H groups in total. The Morgan fingerprint density at radius 1 is 1.12 bits per heavy atom. The summed E-state index contributed by atoms with van der Waals surface area (Å²) in [5.74, 6) is 2.72. The van der Waals surface area contributed by atoms with E-state index in [0.29, 0.717) is 32.7 Å². The predicted octanol–water partition coefficient (Wildman–Crippen LogP) is 1.26. The smallest absolute Gasteiger partial charge is 0.253 e. The molecule has 0 aliphatic carbocycles. The van der Waals surface area contributed by atoms with E-state index >= 15 is 0 Å². The molecule has 0 aromatic heterocycles. The Labute approximate surface area is 152 Å². The van der Waals surface area contributed by atoms with E-state index in [1.807, 2.05) is 47.0 Å². The van der Waals surface area contributed by atoms with Crippen LogP contribution in [0.3, 0.4) is 0 Å². The minimum absolute atomic E-state index is 0.00577. The summed E-state index contributed by atoms with van der Waals surface area (Å²) in [6.45, 7) is 3.15. The molecule has 2 aliphatic rings. The van der Waals surface area contributed by atoms with Gasteiger partial charge in [-0.15, -0.1) is 0 Å². The Kier molecular flexibility index (Phi) is 6.58. The molecular formula is C18H24N2O4S. The molecule has 2 heterocycles. The maximum atomic E-state index is 12.5. The molecule has 136 valence electrons. The molecule has 3 rings (SSSR count). The number of thioether (sulfide) groups is 1. The van der Waals surface area contributed by atoms with Crippen molar-refractivity contribution in [1.82, 2.24) is 9.80 Å². The largest absolute Gasteiger partial charge is 0.493 e. The standard InChI is InChI=1S/C18H24N2O4S/c21-17(6-10-23-15-4-2-1-3-5-15)20-7-11-24-16(14-20)18(22)19-8-12-25-13-9-19/h1-5,16H,6-14H2. The van der Waals surface area contributed by atoms with Gasteiger partial charge in [0, 0.05) is 31.1 Å². The summed E-state index contributed by atoms with van der Waals surface area (Å²) in [7, 11) is 0. The van der Waals surface area contributed by atoms with Gasteiger partial charge in [-0.25, -0.2) is 0 Å². The van der Waals surface area contributed by atoms with Gasteiger partial charge in [-0.3, -0.25) is 9.59 Å². The van der Waals surface area contributed by atoms with E-state index in [0.717, 1.165) is 30.3 Å². The highest BCUT2D eigenvalue weighted by Crippen LogP contribution is 2.15. The lowest BCUT2D eigenvalue weighted by Gasteiger charge is -2.36. The van der Waals surface area contributed by atoms with Crippen molar-refractivity contribution in [2.24, 2.45) is 0 Å². The molecule has 25 heavy (non-hydrogen) atoms. The minimum Gasteiger partial charge on any atom is -0.493 e. The summed E-state index contributed by atoms with van der Waals surface area (Å²) in [6.07, 6.45) is -0.230. The van der Waals surface area contributed by atoms with Gasteiger partial charge in [0.25, 0.3) is 5.91 Å². The molecule has 7 heteroatoms. The van der Waals surface area contributed by atoms with Gasteiger partial charge in [-0.2, -0.15) is 11.8 Å². The minimum atomic E-state index is -0.532. The lowest BCUT2D eigenvalue weighted by atomic mass is 10.2. The molecule has 0 saturated carbocycles. The SMILES string of the molecule is O=C(CCOc1ccccc1)N1CCOC(C(=O)N2CCSCC2)C1. The third-order valence-electron chi connectivity index (χ3n) is 4.35. The average molecular weight is 364 g/mol. The highest BCUT2D eigenvalue weighted by Gasteiger charge is 2.32. The van der Waals surface area contributed by atoms with Crippen molar-refractivity contribution in [2.75, 3.05) is 50.9 Å². The Balaban J connectivity index is 1.45. The second-order valence-electron chi connectivity index (χ2n) is 6.05. The lowest BCUT2D eigenvalue weighted by molar-refractivity contribution is -0.154. The van der Waals surface area contributed by atoms with Crippen LogP contribution in [0.1, 0.15) is 6.42 Å². The maximum absolute atomic E-state index is 12.5. The molecule has 2 saturated heterocycles. The van der Waals surface area contributed by atoms with Crippen molar-refractivity contribution in [3.8, 4) is 5.75 Å². The fraction of sp³-hybridized carbons (Fsp3) is 0.556. The van der Waals surface area contributed by atoms with Crippen LogP contribution in [0.5, 0.6) is 5.75 Å². The molecule has 2 amide bonds. The number of carbonyl (C=O) groups is 2. The van der Waals surface area contributed by atoms with E-state index in [1.54, 1.807) is 4.90 Å². The zero-order valence-electron chi connectivity index (χ0n) is 14.3. The molecular weight excluding hydrogens is 340 g/mol. The van der Waals surface area contributed by atoms with Crippen molar-refractivity contribution in [1.29, 1.82) is 0 Å². The summed E-state index contributed by atoms with van der Waals surface area (Å²) >= 11 is 1.86. The fourth-order valence-electron chi connectivity index (χ4n) is 2.94. The van der Waals surface area contributed by atoms with Crippen molar-refractivity contribution >= 4 is 23.6 Å². The Morgan fingerprint density at radius 2 is 1.88 bits per heavy atom. The van der Waals surface area contributed by atoms with Crippen LogP contribution in [0.15, 0.2) is 30.3 Å². The van der Waals surface area contributed by atoms with Crippen LogP contribution in [-0.4, -0.2) is 78.6 Å². The molecule has 0 radical (unpaired) electrons. The van der Waals surface area contributed by atoms with E-state index in [9.17, 15) is 9.59 Å². The van der Waals surface area contributed by atoms with Gasteiger partial charge in [0.15, 0.2) is 6.10 Å². The van der Waals surface area contributed by atoms with Crippen LogP contribution in [0.4, 0.5) is 0 Å². The summed E-state index contributed by atoms with van der Waals surface area (Å²) < 4.78 is 11.2. The molecule has 1 atom stereocenters. The number of benzene rings is 1. The first-order valence-electron chi connectivity index (χ1n) is 8.68. The fourth-order valence-corrected chi connectivity index (χ4v) is 3.85. The topological polar surface area (TPSA) is 59.1 Å². The summed E-state index contributed by atoms with van der Waals surface area (Å²) in [4.78, 5) is 28.5. The number of carbonyl (C=O) groups excluding carboxylic acids is 2. The molecule has 2 aliphatic heterocycles. The number of nitrogens with zero attached hydrogens (tertiary/aromatic N) is 2. The van der Waals surface area contributed by atoms with Crippen LogP contribution < -0.4 is 4.74 Å². The van der Waals surface area contributed by atoms with Gasteiger partial charge in [-0.05, 0) is 12.1 Å². The highest BCUT2D eigenvalue weighted by molar-refractivity contribution is 7.99. The monoisotopic (exact) mass is 364 g/mol. The van der Waals surface area contributed by atoms with Crippen LogP contribution in [0, 0.1) is 0 Å². The number of ether oxygens (including phenoxy) is 2. The first-order chi connectivity index (χ1) is 12.2. The maximum Gasteiger partial charge on any atom is 0.253 e. The van der Waals surface area contributed by atoms with Crippen LogP contribution in [0.25, 0.3) is 0 Å². The first-order valence-corrected chi connectivity index (χ1v) is 9.83. The first kappa shape index (κ1) is 18.1. The normalized spacial score (nSPS) is 21.0. The molecule has 0 bridgehead atoms. The number of morpholine rings is 1. The summed E-state index contributed by atoms with van der Waals surface area (Å²) in [5.41, 5.74) is 0. The lowest BCUT2D eigenvalue weighted by Crippen LogP contribution is -2.54. The van der Waals surface area contributed by atoms with E-state index in [4.69, 9.17) is 9.47 Å². The Bertz CT molecular complexity index is 578. The van der Waals surface area contributed by atoms with Crippen molar-refractivity contribution in [2.45, 2.75) is 12.5 Å². The number of rotatable bonds is 5. The van der Waals surface area contributed by atoms with Gasteiger partial charge in [0.2, 0.25) is 5.91 Å². The number of amides is 2. The molecule has 1 unspecified atom stereocenters. The zero-order chi connectivity index (χ0) is 17.5. The molecule has 1 aromatic rings. The van der Waals surface area contributed by atoms with Gasteiger partial charge in [0.1, 0.15) is 5.75 Å². The average Bonchev–Trinajstić information content (AvgIpc) is 2.69. The Morgan fingerprint density at radius 3 is 2.64 bits per heavy atom. The molecule has 2 fully saturated rings. The van der Waals surface area contributed by atoms with Crippen molar-refractivity contribution < 1.29 is 19.1 Å². The summed E-state index contributed by atoms with van der Waals surface area (Å²) in [6, 6.07) is 9.45. The number of para-hydroxylation sites is 1. The van der Waals surface area contributed by atoms with Gasteiger partial charge >= 0.3 is 0 Å². The van der Waals surface area contributed by atoms with E-state index in [1.165, 1.54) is 0 Å². The molecule has 1 aromatic carbocycles. The van der Waals surface area contributed by atoms with Crippen molar-refractivity contribution in [3.05, 3.63) is 30.3 Å². The second-order valence-corrected chi connectivity index (χ2v) is 7.27. The third kappa shape index (κ3) is 5.12. The van der Waals surface area contributed by atoms with E-state index in [2.05, 4.69) is 0 Å². The van der Waals surface area contributed by atoms with Crippen LogP contribution in [-0.2, 0) is 14.3 Å². The predicted molar refractivity (Wildman–Crippen MR) is 96.8 cm³/mol. The van der Waals surface area contributed by atoms with Gasteiger partial charge in [0.05, 0.1) is 26.2 Å². The highest BCUT2D eigenvalue weighted by atomic mass is 32.2. The van der Waals surface area contributed by atoms with Crippen LogP contribution >= 0.6 is 11.8 Å². The quantitative estimate of drug-likeness (QED) is 0.787. The summed E-state index contributed by atoms with van der Waals surface area (Å²) in [5, 5.41) is 0. The second kappa shape index (κ2) is 9.10. The van der Waals surface area contributed by atoms with E-state index in [-0.39, 0.29) is 11.8 Å². The third-order valence-corrected chi connectivity index (χ3v) is 5.29.